The van der Waals surface area contributed by atoms with Gasteiger partial charge in [0.2, 0.25) is 10.0 Å². The Balaban J connectivity index is 2.15. The van der Waals surface area contributed by atoms with Crippen molar-refractivity contribution in [2.75, 3.05) is 0 Å². The highest BCUT2D eigenvalue weighted by atomic mass is 79.9. The Morgan fingerprint density at radius 3 is 2.50 bits per heavy atom. The summed E-state index contributed by atoms with van der Waals surface area (Å²) in [4.78, 5) is 0.0914. The first-order valence-corrected chi connectivity index (χ1v) is 8.03. The minimum atomic E-state index is -3.61. The first-order chi connectivity index (χ1) is 9.51. The van der Waals surface area contributed by atoms with Crippen molar-refractivity contribution in [1.82, 2.24) is 4.72 Å². The Morgan fingerprint density at radius 2 is 1.85 bits per heavy atom. The van der Waals surface area contributed by atoms with Gasteiger partial charge in [0.25, 0.3) is 0 Å². The number of rotatable bonds is 4. The van der Waals surface area contributed by atoms with Gasteiger partial charge in [0.15, 0.2) is 0 Å². The van der Waals surface area contributed by atoms with Crippen LogP contribution in [0.2, 0.25) is 0 Å². The van der Waals surface area contributed by atoms with E-state index in [4.69, 9.17) is 5.26 Å². The third-order valence-corrected chi connectivity index (χ3v) is 4.58. The fraction of sp³-hybridized carbons (Fsp3) is 0.0714. The lowest BCUT2D eigenvalue weighted by Crippen LogP contribution is -2.23. The monoisotopic (exact) mass is 350 g/mol. The van der Waals surface area contributed by atoms with Crippen LogP contribution in [0.1, 0.15) is 11.1 Å². The van der Waals surface area contributed by atoms with Crippen LogP contribution in [0.4, 0.5) is 0 Å². The summed E-state index contributed by atoms with van der Waals surface area (Å²) in [7, 11) is -3.61. The lowest BCUT2D eigenvalue weighted by molar-refractivity contribution is 0.581. The zero-order valence-electron chi connectivity index (χ0n) is 10.4. The molecule has 0 amide bonds. The van der Waals surface area contributed by atoms with E-state index in [0.29, 0.717) is 5.56 Å². The van der Waals surface area contributed by atoms with E-state index in [9.17, 15) is 8.42 Å². The number of nitrogens with zero attached hydrogens (tertiary/aromatic N) is 1. The third-order valence-electron chi connectivity index (χ3n) is 2.65. The number of hydrogen-bond donors (Lipinski definition) is 1. The molecule has 2 rings (SSSR count). The summed E-state index contributed by atoms with van der Waals surface area (Å²) >= 11 is 3.32. The molecule has 0 fully saturated rings. The van der Waals surface area contributed by atoms with Gasteiger partial charge in [-0.25, -0.2) is 13.1 Å². The maximum absolute atomic E-state index is 12.1. The van der Waals surface area contributed by atoms with Crippen molar-refractivity contribution in [3.8, 4) is 6.07 Å². The summed E-state index contributed by atoms with van der Waals surface area (Å²) in [6.07, 6.45) is 0. The molecule has 0 bridgehead atoms. The average molecular weight is 351 g/mol. The Hall–Kier alpha value is -1.68. The third kappa shape index (κ3) is 3.67. The molecular formula is C14H11BrN2O2S. The minimum Gasteiger partial charge on any atom is -0.207 e. The molecule has 4 nitrogen and oxygen atoms in total. The van der Waals surface area contributed by atoms with E-state index in [2.05, 4.69) is 20.7 Å². The van der Waals surface area contributed by atoms with Crippen LogP contribution in [0.15, 0.2) is 57.9 Å². The fourth-order valence-electron chi connectivity index (χ4n) is 1.60. The number of nitriles is 1. The molecule has 2 aromatic rings. The highest BCUT2D eigenvalue weighted by Gasteiger charge is 2.13. The van der Waals surface area contributed by atoms with Crippen LogP contribution in [0.25, 0.3) is 0 Å². The van der Waals surface area contributed by atoms with Crippen molar-refractivity contribution in [3.05, 3.63) is 64.1 Å². The second-order valence-corrected chi connectivity index (χ2v) is 6.77. The Kier molecular flexibility index (Phi) is 4.55. The molecule has 0 radical (unpaired) electrons. The summed E-state index contributed by atoms with van der Waals surface area (Å²) in [5, 5.41) is 8.79. The molecule has 0 aliphatic carbocycles. The van der Waals surface area contributed by atoms with Crippen molar-refractivity contribution >= 4 is 26.0 Å². The Labute approximate surface area is 126 Å². The zero-order valence-corrected chi connectivity index (χ0v) is 12.8. The second-order valence-electron chi connectivity index (χ2n) is 4.09. The highest BCUT2D eigenvalue weighted by Crippen LogP contribution is 2.13. The van der Waals surface area contributed by atoms with Gasteiger partial charge in [-0.1, -0.05) is 34.1 Å². The maximum atomic E-state index is 12.1. The fourth-order valence-corrected chi connectivity index (χ4v) is 2.92. The van der Waals surface area contributed by atoms with Gasteiger partial charge in [0.05, 0.1) is 16.5 Å². The summed E-state index contributed by atoms with van der Waals surface area (Å²) in [6.45, 7) is 0.201. The Bertz CT molecular complexity index is 749. The van der Waals surface area contributed by atoms with Gasteiger partial charge in [0.1, 0.15) is 0 Å². The van der Waals surface area contributed by atoms with Gasteiger partial charge in [0, 0.05) is 11.0 Å². The standard InChI is InChI=1S/C14H11BrN2O2S/c15-13-6-4-11(5-7-13)10-17-20(18,19)14-3-1-2-12(8-14)9-16/h1-8,17H,10H2. The van der Waals surface area contributed by atoms with Crippen molar-refractivity contribution in [2.45, 2.75) is 11.4 Å². The first-order valence-electron chi connectivity index (χ1n) is 5.75. The van der Waals surface area contributed by atoms with Gasteiger partial charge in [-0.15, -0.1) is 0 Å². The molecule has 0 saturated carbocycles. The number of benzene rings is 2. The molecule has 0 aliphatic heterocycles. The summed E-state index contributed by atoms with van der Waals surface area (Å²) < 4.78 is 27.7. The van der Waals surface area contributed by atoms with E-state index in [1.165, 1.54) is 12.1 Å². The maximum Gasteiger partial charge on any atom is 0.240 e. The molecule has 1 N–H and O–H groups in total. The molecule has 0 saturated heterocycles. The van der Waals surface area contributed by atoms with Crippen LogP contribution in [0.3, 0.4) is 0 Å². The predicted molar refractivity (Wildman–Crippen MR) is 79.3 cm³/mol. The largest absolute Gasteiger partial charge is 0.240 e. The molecule has 6 heteroatoms. The van der Waals surface area contributed by atoms with E-state index in [0.717, 1.165) is 10.0 Å². The molecule has 0 spiro atoms. The lowest BCUT2D eigenvalue weighted by Gasteiger charge is -2.07. The topological polar surface area (TPSA) is 70.0 Å². The first kappa shape index (κ1) is 14.7. The van der Waals surface area contributed by atoms with Crippen LogP contribution in [-0.2, 0) is 16.6 Å². The van der Waals surface area contributed by atoms with E-state index < -0.39 is 10.0 Å². The molecular weight excluding hydrogens is 340 g/mol. The number of nitrogens with one attached hydrogen (secondary N) is 1. The summed E-state index contributed by atoms with van der Waals surface area (Å²) in [5.74, 6) is 0. The summed E-state index contributed by atoms with van der Waals surface area (Å²) in [5.41, 5.74) is 1.17. The second kappa shape index (κ2) is 6.18. The zero-order chi connectivity index (χ0) is 14.6. The number of hydrogen-bond acceptors (Lipinski definition) is 3. The molecule has 102 valence electrons. The van der Waals surface area contributed by atoms with Gasteiger partial charge in [-0.05, 0) is 35.9 Å². The van der Waals surface area contributed by atoms with E-state index in [1.807, 2.05) is 30.3 Å². The van der Waals surface area contributed by atoms with Crippen LogP contribution < -0.4 is 4.72 Å². The number of halogens is 1. The van der Waals surface area contributed by atoms with E-state index >= 15 is 0 Å². The molecule has 0 heterocycles. The van der Waals surface area contributed by atoms with Crippen molar-refractivity contribution < 1.29 is 8.42 Å². The normalized spacial score (nSPS) is 11.0. The molecule has 0 unspecified atom stereocenters. The molecule has 0 atom stereocenters. The van der Waals surface area contributed by atoms with E-state index in [1.54, 1.807) is 12.1 Å². The van der Waals surface area contributed by atoms with Crippen LogP contribution in [-0.4, -0.2) is 8.42 Å². The smallest absolute Gasteiger partial charge is 0.207 e. The number of sulfonamides is 1. The van der Waals surface area contributed by atoms with Gasteiger partial charge in [-0.2, -0.15) is 5.26 Å². The van der Waals surface area contributed by atoms with Crippen molar-refractivity contribution in [1.29, 1.82) is 5.26 Å². The lowest BCUT2D eigenvalue weighted by atomic mass is 10.2. The van der Waals surface area contributed by atoms with Gasteiger partial charge < -0.3 is 0 Å². The van der Waals surface area contributed by atoms with Crippen molar-refractivity contribution in [3.63, 3.8) is 0 Å². The Morgan fingerprint density at radius 1 is 1.15 bits per heavy atom. The molecule has 0 aromatic heterocycles. The minimum absolute atomic E-state index is 0.0914. The van der Waals surface area contributed by atoms with Crippen molar-refractivity contribution in [2.24, 2.45) is 0 Å². The van der Waals surface area contributed by atoms with E-state index in [-0.39, 0.29) is 11.4 Å². The van der Waals surface area contributed by atoms with Gasteiger partial charge in [-0.3, -0.25) is 0 Å². The summed E-state index contributed by atoms with van der Waals surface area (Å²) in [6, 6.07) is 15.2. The molecule has 2 aromatic carbocycles. The van der Waals surface area contributed by atoms with Crippen LogP contribution in [0.5, 0.6) is 0 Å². The highest BCUT2D eigenvalue weighted by molar-refractivity contribution is 9.10. The molecule has 0 aliphatic rings. The van der Waals surface area contributed by atoms with Gasteiger partial charge >= 0.3 is 0 Å². The average Bonchev–Trinajstić information content (AvgIpc) is 2.47. The van der Waals surface area contributed by atoms with Crippen LogP contribution in [0, 0.1) is 11.3 Å². The predicted octanol–water partition coefficient (Wildman–Crippen LogP) is 2.80. The quantitative estimate of drug-likeness (QED) is 0.921. The SMILES string of the molecule is N#Cc1cccc(S(=O)(=O)NCc2ccc(Br)cc2)c1. The van der Waals surface area contributed by atoms with Crippen LogP contribution >= 0.6 is 15.9 Å². The molecule has 20 heavy (non-hydrogen) atoms.